The predicted octanol–water partition coefficient (Wildman–Crippen LogP) is 5.73. The fraction of sp³-hybridized carbons (Fsp3) is 0.357. The number of ether oxygens (including phenoxy) is 2. The monoisotopic (exact) mass is 558 g/mol. The van der Waals surface area contributed by atoms with Gasteiger partial charge in [0, 0.05) is 23.5 Å². The van der Waals surface area contributed by atoms with Crippen molar-refractivity contribution >= 4 is 21.1 Å². The number of benzene rings is 1. The molecule has 208 valence electrons. The lowest BCUT2D eigenvalue weighted by Crippen LogP contribution is -2.43. The second-order valence-electron chi connectivity index (χ2n) is 10.3. The average Bonchev–Trinajstić information content (AvgIpc) is 3.28. The number of pyridine rings is 2. The van der Waals surface area contributed by atoms with Crippen molar-refractivity contribution in [3.8, 4) is 22.8 Å². The van der Waals surface area contributed by atoms with Crippen LogP contribution in [0.25, 0.3) is 22.3 Å². The van der Waals surface area contributed by atoms with E-state index in [2.05, 4.69) is 9.97 Å². The van der Waals surface area contributed by atoms with Gasteiger partial charge in [0.25, 0.3) is 16.4 Å². The van der Waals surface area contributed by atoms with Crippen molar-refractivity contribution in [1.29, 1.82) is 0 Å². The third-order valence-corrected chi connectivity index (χ3v) is 7.88. The highest BCUT2D eigenvalue weighted by Gasteiger charge is 2.28. The maximum Gasteiger partial charge on any atom is 0.284 e. The Labute approximate surface area is 226 Å². The molecule has 0 radical (unpaired) electrons. The van der Waals surface area contributed by atoms with Gasteiger partial charge in [0.05, 0.1) is 23.1 Å². The van der Waals surface area contributed by atoms with Crippen LogP contribution in [0.2, 0.25) is 0 Å². The maximum atomic E-state index is 14.1. The maximum absolute atomic E-state index is 14.1. The summed E-state index contributed by atoms with van der Waals surface area (Å²) in [5.74, 6) is 0.534. The Kier molecular flexibility index (Phi) is 7.94. The fourth-order valence-corrected chi connectivity index (χ4v) is 5.91. The number of methoxy groups -OCH3 is 1. The van der Waals surface area contributed by atoms with Crippen LogP contribution in [0.15, 0.2) is 59.8 Å². The SMILES string of the molecule is COc1ccnc2c1c(-c1ccc(OC[C@](C)(N)CC(C)C)c(C(F)F)n1)cn2S(=O)(=O)c1ccc(C)cc1. The van der Waals surface area contributed by atoms with Crippen molar-refractivity contribution in [3.63, 3.8) is 0 Å². The number of halogens is 2. The Balaban J connectivity index is 1.84. The van der Waals surface area contributed by atoms with E-state index in [1.54, 1.807) is 25.1 Å². The van der Waals surface area contributed by atoms with Crippen molar-refractivity contribution in [2.24, 2.45) is 11.7 Å². The molecule has 39 heavy (non-hydrogen) atoms. The number of rotatable bonds is 10. The first-order valence-electron chi connectivity index (χ1n) is 12.4. The first kappa shape index (κ1) is 28.4. The lowest BCUT2D eigenvalue weighted by Gasteiger charge is -2.27. The highest BCUT2D eigenvalue weighted by Crippen LogP contribution is 2.39. The van der Waals surface area contributed by atoms with Gasteiger partial charge >= 0.3 is 0 Å². The predicted molar refractivity (Wildman–Crippen MR) is 146 cm³/mol. The van der Waals surface area contributed by atoms with Gasteiger partial charge in [-0.3, -0.25) is 0 Å². The summed E-state index contributed by atoms with van der Waals surface area (Å²) >= 11 is 0. The third kappa shape index (κ3) is 5.89. The Hall–Kier alpha value is -3.57. The van der Waals surface area contributed by atoms with E-state index in [1.807, 2.05) is 20.8 Å². The summed E-state index contributed by atoms with van der Waals surface area (Å²) in [6.45, 7) is 7.72. The number of hydrogen-bond acceptors (Lipinski definition) is 7. The number of nitrogens with zero attached hydrogens (tertiary/aromatic N) is 3. The van der Waals surface area contributed by atoms with Gasteiger partial charge in [-0.15, -0.1) is 0 Å². The summed E-state index contributed by atoms with van der Waals surface area (Å²) < 4.78 is 67.7. The second-order valence-corrected chi connectivity index (χ2v) is 12.1. The molecule has 3 aromatic heterocycles. The van der Waals surface area contributed by atoms with Crippen molar-refractivity contribution in [2.45, 2.75) is 51.0 Å². The van der Waals surface area contributed by atoms with E-state index in [9.17, 15) is 17.2 Å². The molecule has 0 saturated heterocycles. The minimum atomic E-state index is -4.08. The number of nitrogens with two attached hydrogens (primary N) is 1. The molecule has 0 bridgehead atoms. The summed E-state index contributed by atoms with van der Waals surface area (Å²) in [4.78, 5) is 8.54. The first-order chi connectivity index (χ1) is 18.3. The van der Waals surface area contributed by atoms with Crippen molar-refractivity contribution in [1.82, 2.24) is 13.9 Å². The van der Waals surface area contributed by atoms with Crippen molar-refractivity contribution < 1.29 is 26.7 Å². The van der Waals surface area contributed by atoms with Crippen LogP contribution >= 0.6 is 0 Å². The lowest BCUT2D eigenvalue weighted by atomic mass is 9.93. The van der Waals surface area contributed by atoms with Gasteiger partial charge in [-0.05, 0) is 56.5 Å². The minimum Gasteiger partial charge on any atom is -0.496 e. The van der Waals surface area contributed by atoms with Gasteiger partial charge in [0.1, 0.15) is 23.8 Å². The molecule has 4 aromatic rings. The summed E-state index contributed by atoms with van der Waals surface area (Å²) in [5.41, 5.74) is 6.37. The average molecular weight is 559 g/mol. The quantitative estimate of drug-likeness (QED) is 0.265. The van der Waals surface area contributed by atoms with Crippen molar-refractivity contribution in [3.05, 3.63) is 66.1 Å². The molecule has 0 amide bonds. The van der Waals surface area contributed by atoms with Gasteiger partial charge in [-0.25, -0.2) is 31.1 Å². The van der Waals surface area contributed by atoms with E-state index in [-0.39, 0.29) is 34.2 Å². The molecule has 2 N–H and O–H groups in total. The normalized spacial score (nSPS) is 13.7. The standard InChI is InChI=1S/C28H32F2N4O4S/c1-17(2)14-28(4,31)16-38-23-11-10-21(33-25(23)26(29)30)20-15-34(27-24(20)22(37-5)12-13-32-27)39(35,36)19-8-6-18(3)7-9-19/h6-13,15,17,26H,14,16,31H2,1-5H3/t28-/m1/s1. The van der Waals surface area contributed by atoms with Crippen molar-refractivity contribution in [2.75, 3.05) is 13.7 Å². The highest BCUT2D eigenvalue weighted by atomic mass is 32.2. The van der Waals surface area contributed by atoms with E-state index >= 15 is 0 Å². The molecule has 0 fully saturated rings. The van der Waals surface area contributed by atoms with E-state index in [1.165, 1.54) is 43.8 Å². The Morgan fingerprint density at radius 1 is 1.08 bits per heavy atom. The molecule has 0 aliphatic carbocycles. The molecule has 8 nitrogen and oxygen atoms in total. The molecule has 1 atom stereocenters. The number of alkyl halides is 2. The van der Waals surface area contributed by atoms with Crippen LogP contribution < -0.4 is 15.2 Å². The van der Waals surface area contributed by atoms with Gasteiger partial charge in [-0.1, -0.05) is 31.5 Å². The summed E-state index contributed by atoms with van der Waals surface area (Å²) in [6.07, 6.45) is 0.443. The Bertz CT molecular complexity index is 1580. The van der Waals surface area contributed by atoms with E-state index in [4.69, 9.17) is 15.2 Å². The Morgan fingerprint density at radius 3 is 2.38 bits per heavy atom. The molecule has 1 aromatic carbocycles. The second kappa shape index (κ2) is 10.9. The molecule has 0 spiro atoms. The van der Waals surface area contributed by atoms with Gasteiger partial charge < -0.3 is 15.2 Å². The zero-order valence-electron chi connectivity index (χ0n) is 22.5. The van der Waals surface area contributed by atoms with E-state index < -0.39 is 27.7 Å². The molecular weight excluding hydrogens is 526 g/mol. The van der Waals surface area contributed by atoms with Gasteiger partial charge in [-0.2, -0.15) is 0 Å². The molecule has 0 aliphatic heterocycles. The molecule has 0 aliphatic rings. The van der Waals surface area contributed by atoms with E-state index in [0.717, 1.165) is 9.54 Å². The van der Waals surface area contributed by atoms with Crippen LogP contribution in [0.5, 0.6) is 11.5 Å². The fourth-order valence-electron chi connectivity index (χ4n) is 4.59. The molecule has 0 unspecified atom stereocenters. The number of aromatic nitrogens is 3. The molecule has 3 heterocycles. The molecule has 4 rings (SSSR count). The number of hydrogen-bond donors (Lipinski definition) is 1. The number of aryl methyl sites for hydroxylation is 1. The molecule has 11 heteroatoms. The Morgan fingerprint density at radius 2 is 1.77 bits per heavy atom. The van der Waals surface area contributed by atoms with Crippen LogP contribution in [0.1, 0.15) is 44.9 Å². The zero-order chi connectivity index (χ0) is 28.5. The molecule has 0 saturated carbocycles. The lowest BCUT2D eigenvalue weighted by molar-refractivity contribution is 0.134. The topological polar surface area (TPSA) is 109 Å². The zero-order valence-corrected chi connectivity index (χ0v) is 23.3. The van der Waals surface area contributed by atoms with Gasteiger partial charge in [0.15, 0.2) is 5.65 Å². The minimum absolute atomic E-state index is 0.0256. The van der Waals surface area contributed by atoms with Crippen LogP contribution in [0.4, 0.5) is 8.78 Å². The summed E-state index contributed by atoms with van der Waals surface area (Å²) in [5, 5.41) is 0.323. The van der Waals surface area contributed by atoms with Crippen LogP contribution in [-0.2, 0) is 10.0 Å². The number of fused-ring (bicyclic) bond motifs is 1. The smallest absolute Gasteiger partial charge is 0.284 e. The van der Waals surface area contributed by atoms with E-state index in [0.29, 0.717) is 23.5 Å². The largest absolute Gasteiger partial charge is 0.496 e. The van der Waals surface area contributed by atoms with Gasteiger partial charge in [0.2, 0.25) is 0 Å². The third-order valence-electron chi connectivity index (χ3n) is 6.22. The summed E-state index contributed by atoms with van der Waals surface area (Å²) in [6, 6.07) is 10.8. The molecular formula is C28H32F2N4O4S. The van der Waals surface area contributed by atoms with Crippen LogP contribution in [0.3, 0.4) is 0 Å². The van der Waals surface area contributed by atoms with Crippen LogP contribution in [0, 0.1) is 12.8 Å². The van der Waals surface area contributed by atoms with Crippen LogP contribution in [-0.4, -0.2) is 41.6 Å². The first-order valence-corrected chi connectivity index (χ1v) is 13.9. The highest BCUT2D eigenvalue weighted by molar-refractivity contribution is 7.90. The summed E-state index contributed by atoms with van der Waals surface area (Å²) in [7, 11) is -2.65.